The number of carbonyl (C=O) groups excluding carboxylic acids is 1. The number of anilines is 1. The highest BCUT2D eigenvalue weighted by atomic mass is 16.5. The zero-order chi connectivity index (χ0) is 19.2. The Balaban J connectivity index is 1.65. The highest BCUT2D eigenvalue weighted by Gasteiger charge is 2.26. The van der Waals surface area contributed by atoms with Gasteiger partial charge < -0.3 is 24.4 Å². The van der Waals surface area contributed by atoms with Gasteiger partial charge in [-0.05, 0) is 37.1 Å². The van der Waals surface area contributed by atoms with Gasteiger partial charge in [0.15, 0.2) is 11.5 Å². The quantitative estimate of drug-likeness (QED) is 0.844. The maximum absolute atomic E-state index is 13.0. The summed E-state index contributed by atoms with van der Waals surface area (Å²) in [6, 6.07) is 13.6. The van der Waals surface area contributed by atoms with Crippen molar-refractivity contribution in [3.05, 3.63) is 48.0 Å². The summed E-state index contributed by atoms with van der Waals surface area (Å²) in [5, 5.41) is 3.53. The van der Waals surface area contributed by atoms with E-state index in [0.717, 1.165) is 24.3 Å². The molecular weight excluding hydrogens is 344 g/mol. The van der Waals surface area contributed by atoms with Crippen LogP contribution in [0.15, 0.2) is 42.5 Å². The summed E-state index contributed by atoms with van der Waals surface area (Å²) in [6.45, 7) is 1.37. The summed E-state index contributed by atoms with van der Waals surface area (Å²) in [6.07, 6.45) is 1.74. The lowest BCUT2D eigenvalue weighted by molar-refractivity contribution is 0.0714. The first-order chi connectivity index (χ1) is 13.2. The Kier molecular flexibility index (Phi) is 6.06. The van der Waals surface area contributed by atoms with Crippen molar-refractivity contribution in [1.82, 2.24) is 4.90 Å². The van der Waals surface area contributed by atoms with E-state index in [0.29, 0.717) is 36.2 Å². The molecule has 1 fully saturated rings. The fourth-order valence-electron chi connectivity index (χ4n) is 3.44. The fraction of sp³-hybridized carbons (Fsp3) is 0.381. The number of rotatable bonds is 6. The number of nitrogens with zero attached hydrogens (tertiary/aromatic N) is 1. The summed E-state index contributed by atoms with van der Waals surface area (Å²) in [4.78, 5) is 14.8. The van der Waals surface area contributed by atoms with E-state index in [9.17, 15) is 4.79 Å². The summed E-state index contributed by atoms with van der Waals surface area (Å²) in [5.41, 5.74) is 1.52. The second-order valence-electron chi connectivity index (χ2n) is 6.45. The van der Waals surface area contributed by atoms with E-state index in [1.54, 1.807) is 33.5 Å². The van der Waals surface area contributed by atoms with Gasteiger partial charge in [-0.25, -0.2) is 0 Å². The van der Waals surface area contributed by atoms with Gasteiger partial charge in [-0.2, -0.15) is 0 Å². The number of ether oxygens (including phenoxy) is 3. The standard InChI is InChI=1S/C21H26N2O4/c1-25-18-9-5-4-8-17(18)22-15-11-13-23(14-12-15)21(24)16-7-6-10-19(26-2)20(16)27-3/h4-10,15,22H,11-14H2,1-3H3. The van der Waals surface area contributed by atoms with E-state index in [1.807, 2.05) is 35.2 Å². The number of methoxy groups -OCH3 is 3. The molecule has 1 heterocycles. The van der Waals surface area contributed by atoms with Crippen LogP contribution in [0.5, 0.6) is 17.2 Å². The smallest absolute Gasteiger partial charge is 0.257 e. The second-order valence-corrected chi connectivity index (χ2v) is 6.45. The SMILES string of the molecule is COc1ccccc1NC1CCN(C(=O)c2cccc(OC)c2OC)CC1. The lowest BCUT2D eigenvalue weighted by atomic mass is 10.0. The highest BCUT2D eigenvalue weighted by molar-refractivity contribution is 5.97. The average Bonchev–Trinajstić information content (AvgIpc) is 2.73. The molecule has 1 amide bonds. The summed E-state index contributed by atoms with van der Waals surface area (Å²) in [5.74, 6) is 1.86. The maximum Gasteiger partial charge on any atom is 0.257 e. The minimum atomic E-state index is -0.0264. The minimum absolute atomic E-state index is 0.0264. The number of hydrogen-bond donors (Lipinski definition) is 1. The van der Waals surface area contributed by atoms with Crippen molar-refractivity contribution in [2.75, 3.05) is 39.7 Å². The molecular formula is C21H26N2O4. The molecule has 0 unspecified atom stereocenters. The van der Waals surface area contributed by atoms with Crippen LogP contribution in [-0.4, -0.2) is 51.3 Å². The molecule has 1 N–H and O–H groups in total. The number of amides is 1. The van der Waals surface area contributed by atoms with E-state index in [-0.39, 0.29) is 5.91 Å². The third-order valence-corrected chi connectivity index (χ3v) is 4.88. The van der Waals surface area contributed by atoms with Gasteiger partial charge in [0.25, 0.3) is 5.91 Å². The van der Waals surface area contributed by atoms with Crippen molar-refractivity contribution >= 4 is 11.6 Å². The van der Waals surface area contributed by atoms with Gasteiger partial charge >= 0.3 is 0 Å². The summed E-state index contributed by atoms with van der Waals surface area (Å²) in [7, 11) is 4.79. The Morgan fingerprint density at radius 3 is 2.26 bits per heavy atom. The van der Waals surface area contributed by atoms with Crippen LogP contribution < -0.4 is 19.5 Å². The first kappa shape index (κ1) is 18.9. The average molecular weight is 370 g/mol. The molecule has 0 spiro atoms. The molecule has 6 nitrogen and oxygen atoms in total. The van der Waals surface area contributed by atoms with Crippen molar-refractivity contribution < 1.29 is 19.0 Å². The van der Waals surface area contributed by atoms with Crippen molar-refractivity contribution in [2.24, 2.45) is 0 Å². The molecule has 1 saturated heterocycles. The summed E-state index contributed by atoms with van der Waals surface area (Å²) < 4.78 is 16.1. The monoisotopic (exact) mass is 370 g/mol. The van der Waals surface area contributed by atoms with E-state index >= 15 is 0 Å². The fourth-order valence-corrected chi connectivity index (χ4v) is 3.44. The van der Waals surface area contributed by atoms with E-state index in [2.05, 4.69) is 5.32 Å². The molecule has 0 saturated carbocycles. The Bertz CT molecular complexity index is 786. The number of piperidine rings is 1. The van der Waals surface area contributed by atoms with Gasteiger partial charge in [-0.15, -0.1) is 0 Å². The van der Waals surface area contributed by atoms with Crippen LogP contribution in [-0.2, 0) is 0 Å². The number of likely N-dealkylation sites (tertiary alicyclic amines) is 1. The molecule has 0 aliphatic carbocycles. The summed E-state index contributed by atoms with van der Waals surface area (Å²) >= 11 is 0. The van der Waals surface area contributed by atoms with Gasteiger partial charge in [0.2, 0.25) is 0 Å². The van der Waals surface area contributed by atoms with Crippen molar-refractivity contribution in [3.8, 4) is 17.2 Å². The van der Waals surface area contributed by atoms with Gasteiger partial charge in [0.1, 0.15) is 5.75 Å². The number of carbonyl (C=O) groups is 1. The third-order valence-electron chi connectivity index (χ3n) is 4.88. The lowest BCUT2D eigenvalue weighted by Gasteiger charge is -2.33. The zero-order valence-corrected chi connectivity index (χ0v) is 16.0. The number of benzene rings is 2. The number of para-hydroxylation sites is 3. The van der Waals surface area contributed by atoms with Crippen molar-refractivity contribution in [3.63, 3.8) is 0 Å². The molecule has 2 aromatic rings. The van der Waals surface area contributed by atoms with Crippen LogP contribution in [0, 0.1) is 0 Å². The third kappa shape index (κ3) is 4.10. The molecule has 6 heteroatoms. The molecule has 27 heavy (non-hydrogen) atoms. The van der Waals surface area contributed by atoms with E-state index in [4.69, 9.17) is 14.2 Å². The molecule has 0 radical (unpaired) electrons. The van der Waals surface area contributed by atoms with Gasteiger partial charge in [0.05, 0.1) is 32.6 Å². The molecule has 144 valence electrons. The maximum atomic E-state index is 13.0. The highest BCUT2D eigenvalue weighted by Crippen LogP contribution is 2.32. The van der Waals surface area contributed by atoms with Crippen LogP contribution in [0.25, 0.3) is 0 Å². The van der Waals surface area contributed by atoms with Crippen LogP contribution in [0.2, 0.25) is 0 Å². The zero-order valence-electron chi connectivity index (χ0n) is 16.0. The van der Waals surface area contributed by atoms with Gasteiger partial charge in [-0.3, -0.25) is 4.79 Å². The Morgan fingerprint density at radius 1 is 0.926 bits per heavy atom. The molecule has 3 rings (SSSR count). The lowest BCUT2D eigenvalue weighted by Crippen LogP contribution is -2.42. The molecule has 0 bridgehead atoms. The molecule has 0 aromatic heterocycles. The van der Waals surface area contributed by atoms with Gasteiger partial charge in [-0.1, -0.05) is 18.2 Å². The molecule has 0 atom stereocenters. The molecule has 2 aromatic carbocycles. The predicted octanol–water partition coefficient (Wildman–Crippen LogP) is 3.43. The van der Waals surface area contributed by atoms with E-state index in [1.165, 1.54) is 0 Å². The van der Waals surface area contributed by atoms with Crippen LogP contribution in [0.4, 0.5) is 5.69 Å². The predicted molar refractivity (Wildman–Crippen MR) is 105 cm³/mol. The molecule has 1 aliphatic heterocycles. The largest absolute Gasteiger partial charge is 0.495 e. The van der Waals surface area contributed by atoms with Gasteiger partial charge in [0, 0.05) is 19.1 Å². The number of nitrogens with one attached hydrogen (secondary N) is 1. The molecule has 1 aliphatic rings. The minimum Gasteiger partial charge on any atom is -0.495 e. The second kappa shape index (κ2) is 8.66. The van der Waals surface area contributed by atoms with Crippen molar-refractivity contribution in [1.29, 1.82) is 0 Å². The van der Waals surface area contributed by atoms with Crippen LogP contribution >= 0.6 is 0 Å². The normalized spacial score (nSPS) is 14.6. The Hall–Kier alpha value is -2.89. The Morgan fingerprint density at radius 2 is 1.59 bits per heavy atom. The first-order valence-corrected chi connectivity index (χ1v) is 9.07. The van der Waals surface area contributed by atoms with Crippen LogP contribution in [0.1, 0.15) is 23.2 Å². The first-order valence-electron chi connectivity index (χ1n) is 9.07. The van der Waals surface area contributed by atoms with Crippen molar-refractivity contribution in [2.45, 2.75) is 18.9 Å². The van der Waals surface area contributed by atoms with E-state index < -0.39 is 0 Å². The topological polar surface area (TPSA) is 60.0 Å². The number of hydrogen-bond acceptors (Lipinski definition) is 5. The van der Waals surface area contributed by atoms with Crippen LogP contribution in [0.3, 0.4) is 0 Å². The Labute approximate surface area is 160 Å².